The lowest BCUT2D eigenvalue weighted by Crippen LogP contribution is -2.52. The monoisotopic (exact) mass is 366 g/mol. The summed E-state index contributed by atoms with van der Waals surface area (Å²) in [5.74, 6) is 0.358. The molecule has 2 saturated heterocycles. The minimum Gasteiger partial charge on any atom is -0.372 e. The molecule has 0 radical (unpaired) electrons. The number of carbonyl (C=O) groups is 2. The lowest BCUT2D eigenvalue weighted by Gasteiger charge is -2.47. The normalized spacial score (nSPS) is 29.3. The van der Waals surface area contributed by atoms with Crippen LogP contribution in [0.15, 0.2) is 0 Å². The van der Waals surface area contributed by atoms with Gasteiger partial charge in [-0.05, 0) is 37.0 Å². The molecule has 26 heavy (non-hydrogen) atoms. The lowest BCUT2D eigenvalue weighted by atomic mass is 9.71. The van der Waals surface area contributed by atoms with Gasteiger partial charge in [0.1, 0.15) is 0 Å². The minimum atomic E-state index is -0.00805. The molecule has 1 unspecified atom stereocenters. The summed E-state index contributed by atoms with van der Waals surface area (Å²) in [5, 5.41) is 0. The summed E-state index contributed by atoms with van der Waals surface area (Å²) < 4.78 is 5.99. The van der Waals surface area contributed by atoms with Crippen LogP contribution in [0, 0.1) is 16.7 Å². The molecule has 0 aliphatic carbocycles. The topological polar surface area (TPSA) is 49.9 Å². The van der Waals surface area contributed by atoms with Gasteiger partial charge in [0, 0.05) is 39.0 Å². The van der Waals surface area contributed by atoms with Gasteiger partial charge in [-0.3, -0.25) is 9.59 Å². The van der Waals surface area contributed by atoms with Gasteiger partial charge in [-0.1, -0.05) is 34.6 Å². The average molecular weight is 367 g/mol. The number of ether oxygens (including phenoxy) is 1. The standard InChI is InChI=1S/C21H38N2O3/c1-15(8-9-18-11-22(17(3)24)10-16(2)26-18)19(25)23-13-20(4,5)12-21(6,7)14-23/h15-16,18H,8-14H2,1-7H3/t15?,16-,18+/m1/s1. The van der Waals surface area contributed by atoms with Crippen molar-refractivity contribution in [1.29, 1.82) is 0 Å². The Bertz CT molecular complexity index is 513. The Morgan fingerprint density at radius 2 is 1.65 bits per heavy atom. The number of morpholine rings is 1. The van der Waals surface area contributed by atoms with E-state index in [1.807, 2.05) is 18.7 Å². The van der Waals surface area contributed by atoms with Crippen LogP contribution in [0.4, 0.5) is 0 Å². The minimum absolute atomic E-state index is 0.00805. The highest BCUT2D eigenvalue weighted by Gasteiger charge is 2.40. The molecule has 150 valence electrons. The van der Waals surface area contributed by atoms with Crippen LogP contribution in [0.1, 0.15) is 67.7 Å². The highest BCUT2D eigenvalue weighted by Crippen LogP contribution is 2.40. The summed E-state index contributed by atoms with van der Waals surface area (Å²) in [5.41, 5.74) is 0.335. The molecule has 5 nitrogen and oxygen atoms in total. The zero-order valence-corrected chi connectivity index (χ0v) is 17.8. The van der Waals surface area contributed by atoms with E-state index in [0.29, 0.717) is 13.1 Å². The molecule has 0 saturated carbocycles. The molecule has 2 rings (SSSR count). The van der Waals surface area contributed by atoms with Crippen molar-refractivity contribution in [2.24, 2.45) is 16.7 Å². The number of piperidine rings is 1. The van der Waals surface area contributed by atoms with Gasteiger partial charge in [-0.2, -0.15) is 0 Å². The van der Waals surface area contributed by atoms with Crippen LogP contribution < -0.4 is 0 Å². The highest BCUT2D eigenvalue weighted by atomic mass is 16.5. The van der Waals surface area contributed by atoms with Crippen molar-refractivity contribution in [2.75, 3.05) is 26.2 Å². The largest absolute Gasteiger partial charge is 0.372 e. The Balaban J connectivity index is 1.90. The van der Waals surface area contributed by atoms with Crippen LogP contribution in [-0.2, 0) is 14.3 Å². The first-order valence-corrected chi connectivity index (χ1v) is 10.1. The fourth-order valence-electron chi connectivity index (χ4n) is 4.99. The maximum atomic E-state index is 13.0. The number of hydrogen-bond acceptors (Lipinski definition) is 3. The molecular formula is C21H38N2O3. The predicted molar refractivity (Wildman–Crippen MR) is 104 cm³/mol. The van der Waals surface area contributed by atoms with Crippen molar-refractivity contribution >= 4 is 11.8 Å². The molecule has 0 aromatic heterocycles. The fraction of sp³-hybridized carbons (Fsp3) is 0.905. The third kappa shape index (κ3) is 5.70. The van der Waals surface area contributed by atoms with Gasteiger partial charge in [0.05, 0.1) is 12.2 Å². The van der Waals surface area contributed by atoms with Crippen LogP contribution in [0.25, 0.3) is 0 Å². The molecule has 0 spiro atoms. The molecular weight excluding hydrogens is 328 g/mol. The zero-order valence-electron chi connectivity index (χ0n) is 17.8. The van der Waals surface area contributed by atoms with Gasteiger partial charge in [-0.25, -0.2) is 0 Å². The van der Waals surface area contributed by atoms with Gasteiger partial charge in [0.2, 0.25) is 11.8 Å². The Labute approximate surface area is 159 Å². The maximum Gasteiger partial charge on any atom is 0.225 e. The molecule has 2 aliphatic rings. The van der Waals surface area contributed by atoms with Crippen molar-refractivity contribution in [3.05, 3.63) is 0 Å². The predicted octanol–water partition coefficient (Wildman–Crippen LogP) is 3.32. The van der Waals surface area contributed by atoms with E-state index >= 15 is 0 Å². The van der Waals surface area contributed by atoms with E-state index in [0.717, 1.165) is 32.4 Å². The first-order chi connectivity index (χ1) is 11.9. The van der Waals surface area contributed by atoms with Crippen LogP contribution >= 0.6 is 0 Å². The van der Waals surface area contributed by atoms with E-state index in [9.17, 15) is 9.59 Å². The van der Waals surface area contributed by atoms with Crippen molar-refractivity contribution in [3.8, 4) is 0 Å². The molecule has 0 bridgehead atoms. The Kier molecular flexibility index (Phi) is 6.42. The van der Waals surface area contributed by atoms with E-state index in [4.69, 9.17) is 4.74 Å². The second kappa shape index (κ2) is 7.87. The smallest absolute Gasteiger partial charge is 0.225 e. The van der Waals surface area contributed by atoms with E-state index in [1.54, 1.807) is 6.92 Å². The summed E-state index contributed by atoms with van der Waals surface area (Å²) in [6.45, 7) is 17.7. The van der Waals surface area contributed by atoms with Crippen LogP contribution in [-0.4, -0.2) is 60.0 Å². The number of likely N-dealkylation sites (tertiary alicyclic amines) is 1. The van der Waals surface area contributed by atoms with Crippen molar-refractivity contribution in [3.63, 3.8) is 0 Å². The molecule has 2 heterocycles. The molecule has 2 fully saturated rings. The zero-order chi connectivity index (χ0) is 19.7. The number of nitrogens with zero attached hydrogens (tertiary/aromatic N) is 2. The van der Waals surface area contributed by atoms with E-state index in [-0.39, 0.29) is 40.8 Å². The fourth-order valence-corrected chi connectivity index (χ4v) is 4.99. The molecule has 2 aliphatic heterocycles. The highest BCUT2D eigenvalue weighted by molar-refractivity contribution is 5.78. The molecule has 5 heteroatoms. The number of rotatable bonds is 4. The van der Waals surface area contributed by atoms with Crippen molar-refractivity contribution < 1.29 is 14.3 Å². The Morgan fingerprint density at radius 1 is 1.08 bits per heavy atom. The first kappa shape index (κ1) is 21.2. The molecule has 0 N–H and O–H groups in total. The van der Waals surface area contributed by atoms with Crippen LogP contribution in [0.5, 0.6) is 0 Å². The summed E-state index contributed by atoms with van der Waals surface area (Å²) in [6, 6.07) is 0. The average Bonchev–Trinajstić information content (AvgIpc) is 2.48. The quantitative estimate of drug-likeness (QED) is 0.767. The maximum absolute atomic E-state index is 13.0. The SMILES string of the molecule is CC(=O)N1C[C@H](CCC(C)C(=O)N2CC(C)(C)CC(C)(C)C2)O[C@H](C)C1. The third-order valence-electron chi connectivity index (χ3n) is 5.62. The molecule has 0 aromatic rings. The van der Waals surface area contributed by atoms with Crippen molar-refractivity contribution in [1.82, 2.24) is 9.80 Å². The van der Waals surface area contributed by atoms with E-state index < -0.39 is 0 Å². The van der Waals surface area contributed by atoms with Gasteiger partial charge in [-0.15, -0.1) is 0 Å². The summed E-state index contributed by atoms with van der Waals surface area (Å²) in [7, 11) is 0. The first-order valence-electron chi connectivity index (χ1n) is 10.1. The van der Waals surface area contributed by atoms with Gasteiger partial charge in [0.25, 0.3) is 0 Å². The van der Waals surface area contributed by atoms with Gasteiger partial charge in [0.15, 0.2) is 0 Å². The summed E-state index contributed by atoms with van der Waals surface area (Å²) in [6.07, 6.45) is 2.87. The second-order valence-electron chi connectivity index (χ2n) is 10.2. The number of hydrogen-bond donors (Lipinski definition) is 0. The van der Waals surface area contributed by atoms with Gasteiger partial charge >= 0.3 is 0 Å². The van der Waals surface area contributed by atoms with E-state index in [2.05, 4.69) is 32.6 Å². The Morgan fingerprint density at radius 3 is 2.19 bits per heavy atom. The molecule has 2 amide bonds. The van der Waals surface area contributed by atoms with Crippen LogP contribution in [0.3, 0.4) is 0 Å². The number of carbonyl (C=O) groups excluding carboxylic acids is 2. The molecule has 0 aromatic carbocycles. The Hall–Kier alpha value is -1.10. The van der Waals surface area contributed by atoms with Gasteiger partial charge < -0.3 is 14.5 Å². The lowest BCUT2D eigenvalue weighted by molar-refractivity contribution is -0.145. The summed E-state index contributed by atoms with van der Waals surface area (Å²) >= 11 is 0. The summed E-state index contributed by atoms with van der Waals surface area (Å²) in [4.78, 5) is 28.6. The third-order valence-corrected chi connectivity index (χ3v) is 5.62. The van der Waals surface area contributed by atoms with Crippen LogP contribution in [0.2, 0.25) is 0 Å². The molecule has 3 atom stereocenters. The second-order valence-corrected chi connectivity index (χ2v) is 10.2. The van der Waals surface area contributed by atoms with Crippen molar-refractivity contribution in [2.45, 2.75) is 79.9 Å². The van der Waals surface area contributed by atoms with E-state index in [1.165, 1.54) is 0 Å². The number of amides is 2.